The average molecular weight is 396 g/mol. The summed E-state index contributed by atoms with van der Waals surface area (Å²) in [5.74, 6) is -0.0339. The van der Waals surface area contributed by atoms with Gasteiger partial charge in [0.25, 0.3) is 0 Å². The minimum absolute atomic E-state index is 0.106. The number of halogens is 1. The Morgan fingerprint density at radius 3 is 2.27 bits per heavy atom. The molecule has 6 nitrogen and oxygen atoms in total. The third kappa shape index (κ3) is 3.14. The van der Waals surface area contributed by atoms with E-state index >= 15 is 0 Å². The van der Waals surface area contributed by atoms with E-state index in [2.05, 4.69) is 10.4 Å². The second-order valence-electron chi connectivity index (χ2n) is 7.69. The van der Waals surface area contributed by atoms with Crippen molar-refractivity contribution in [2.24, 2.45) is 7.05 Å². The summed E-state index contributed by atoms with van der Waals surface area (Å²) in [6, 6.07) is 7.68. The summed E-state index contributed by atoms with van der Waals surface area (Å²) in [5, 5.41) is 7.60. The summed E-state index contributed by atoms with van der Waals surface area (Å²) < 4.78 is 26.1. The predicted molar refractivity (Wildman–Crippen MR) is 101 cm³/mol. The van der Waals surface area contributed by atoms with Crippen molar-refractivity contribution >= 4 is 33.2 Å². The van der Waals surface area contributed by atoms with Crippen LogP contribution in [-0.4, -0.2) is 28.9 Å². The number of carbonyl (C=O) groups excluding carboxylic acids is 1. The molecule has 1 aromatic heterocycles. The van der Waals surface area contributed by atoms with Crippen molar-refractivity contribution in [1.82, 2.24) is 9.78 Å². The Balaban J connectivity index is 1.88. The van der Waals surface area contributed by atoms with E-state index in [1.807, 2.05) is 20.8 Å². The second-order valence-corrected chi connectivity index (χ2v) is 10.4. The smallest absolute Gasteiger partial charge is 0.247 e. The first-order valence-electron chi connectivity index (χ1n) is 8.33. The SMILES string of the molecule is Cn1nc(C(C)(C)C)cc1NC(=O)C1(S(=O)(=O)c2ccc(Cl)cc2)CC1. The maximum absolute atomic E-state index is 13.0. The molecule has 0 spiro atoms. The fraction of sp³-hybridized carbons (Fsp3) is 0.444. The zero-order valence-electron chi connectivity index (χ0n) is 15.2. The summed E-state index contributed by atoms with van der Waals surface area (Å²) in [4.78, 5) is 12.9. The van der Waals surface area contributed by atoms with E-state index in [4.69, 9.17) is 11.6 Å². The number of rotatable bonds is 4. The molecule has 1 N–H and O–H groups in total. The Labute approximate surface area is 158 Å². The second kappa shape index (κ2) is 6.09. The van der Waals surface area contributed by atoms with E-state index in [1.165, 1.54) is 24.3 Å². The van der Waals surface area contributed by atoms with Crippen LogP contribution in [0, 0.1) is 0 Å². The molecule has 0 aliphatic heterocycles. The molecule has 26 heavy (non-hydrogen) atoms. The number of aryl methyl sites for hydroxylation is 1. The van der Waals surface area contributed by atoms with E-state index in [-0.39, 0.29) is 10.3 Å². The topological polar surface area (TPSA) is 81.1 Å². The Morgan fingerprint density at radius 1 is 1.23 bits per heavy atom. The molecule has 1 aliphatic rings. The van der Waals surface area contributed by atoms with Gasteiger partial charge in [-0.25, -0.2) is 8.42 Å². The van der Waals surface area contributed by atoms with Gasteiger partial charge in [-0.3, -0.25) is 9.48 Å². The van der Waals surface area contributed by atoms with Crippen molar-refractivity contribution in [3.63, 3.8) is 0 Å². The molecule has 0 bridgehead atoms. The number of hydrogen-bond acceptors (Lipinski definition) is 4. The maximum atomic E-state index is 13.0. The van der Waals surface area contributed by atoms with E-state index in [9.17, 15) is 13.2 Å². The Morgan fingerprint density at radius 2 is 1.81 bits per heavy atom. The molecule has 1 amide bonds. The van der Waals surface area contributed by atoms with Crippen LogP contribution in [0.3, 0.4) is 0 Å². The largest absolute Gasteiger partial charge is 0.310 e. The van der Waals surface area contributed by atoms with Crippen LogP contribution in [0.4, 0.5) is 5.82 Å². The lowest BCUT2D eigenvalue weighted by Gasteiger charge is -2.16. The van der Waals surface area contributed by atoms with Crippen LogP contribution in [0.2, 0.25) is 5.02 Å². The first-order valence-corrected chi connectivity index (χ1v) is 10.2. The molecule has 0 unspecified atom stereocenters. The van der Waals surface area contributed by atoms with Gasteiger partial charge in [-0.1, -0.05) is 32.4 Å². The van der Waals surface area contributed by atoms with Gasteiger partial charge in [0.1, 0.15) is 5.82 Å². The molecule has 0 saturated heterocycles. The van der Waals surface area contributed by atoms with Gasteiger partial charge in [0.2, 0.25) is 5.91 Å². The molecule has 1 aliphatic carbocycles. The maximum Gasteiger partial charge on any atom is 0.247 e. The highest BCUT2D eigenvalue weighted by molar-refractivity contribution is 7.94. The van der Waals surface area contributed by atoms with E-state index in [0.717, 1.165) is 5.69 Å². The number of nitrogens with one attached hydrogen (secondary N) is 1. The fourth-order valence-electron chi connectivity index (χ4n) is 2.75. The molecule has 1 aromatic carbocycles. The molecule has 2 aromatic rings. The highest BCUT2D eigenvalue weighted by Crippen LogP contribution is 2.47. The molecule has 0 radical (unpaired) electrons. The van der Waals surface area contributed by atoms with Gasteiger partial charge in [0.15, 0.2) is 14.6 Å². The molecular weight excluding hydrogens is 374 g/mol. The quantitative estimate of drug-likeness (QED) is 0.860. The number of sulfone groups is 1. The molecule has 8 heteroatoms. The van der Waals surface area contributed by atoms with E-state index < -0.39 is 20.5 Å². The Kier molecular flexibility index (Phi) is 4.43. The van der Waals surface area contributed by atoms with Crippen LogP contribution in [-0.2, 0) is 27.1 Å². The Hall–Kier alpha value is -1.86. The highest BCUT2D eigenvalue weighted by atomic mass is 35.5. The summed E-state index contributed by atoms with van der Waals surface area (Å²) in [7, 11) is -2.08. The van der Waals surface area contributed by atoms with Crippen molar-refractivity contribution in [3.05, 3.63) is 41.0 Å². The zero-order valence-corrected chi connectivity index (χ0v) is 16.8. The third-order valence-electron chi connectivity index (χ3n) is 4.65. The minimum Gasteiger partial charge on any atom is -0.310 e. The average Bonchev–Trinajstić information content (AvgIpc) is 3.28. The van der Waals surface area contributed by atoms with Crippen LogP contribution in [0.5, 0.6) is 0 Å². The summed E-state index contributed by atoms with van der Waals surface area (Å²) in [6.45, 7) is 6.07. The molecule has 1 fully saturated rings. The number of aromatic nitrogens is 2. The predicted octanol–water partition coefficient (Wildman–Crippen LogP) is 3.32. The van der Waals surface area contributed by atoms with Crippen LogP contribution in [0.1, 0.15) is 39.3 Å². The van der Waals surface area contributed by atoms with Crippen molar-refractivity contribution in [2.45, 2.75) is 48.7 Å². The molecule has 3 rings (SSSR count). The van der Waals surface area contributed by atoms with Crippen molar-refractivity contribution in [1.29, 1.82) is 0 Å². The summed E-state index contributed by atoms with van der Waals surface area (Å²) in [5.41, 5.74) is 0.647. The zero-order chi connectivity index (χ0) is 19.3. The first kappa shape index (κ1) is 18.9. The lowest BCUT2D eigenvalue weighted by Crippen LogP contribution is -2.37. The van der Waals surface area contributed by atoms with Crippen molar-refractivity contribution in [3.8, 4) is 0 Å². The highest BCUT2D eigenvalue weighted by Gasteiger charge is 2.61. The summed E-state index contributed by atoms with van der Waals surface area (Å²) in [6.07, 6.45) is 0.599. The number of nitrogens with zero attached hydrogens (tertiary/aromatic N) is 2. The van der Waals surface area contributed by atoms with Crippen molar-refractivity contribution in [2.75, 3.05) is 5.32 Å². The van der Waals surface area contributed by atoms with Gasteiger partial charge in [0, 0.05) is 23.6 Å². The molecule has 1 saturated carbocycles. The Bertz CT molecular complexity index is 953. The van der Waals surface area contributed by atoms with E-state index in [1.54, 1.807) is 17.8 Å². The van der Waals surface area contributed by atoms with Gasteiger partial charge >= 0.3 is 0 Å². The monoisotopic (exact) mass is 395 g/mol. The standard InChI is InChI=1S/C18H22ClN3O3S/c1-17(2,3)14-11-15(22(4)21-14)20-16(23)18(9-10-18)26(24,25)13-7-5-12(19)6-8-13/h5-8,11H,9-10H2,1-4H3,(H,20,23). The molecule has 0 atom stereocenters. The summed E-state index contributed by atoms with van der Waals surface area (Å²) >= 11 is 5.83. The molecular formula is C18H22ClN3O3S. The molecule has 1 heterocycles. The third-order valence-corrected chi connectivity index (χ3v) is 7.41. The van der Waals surface area contributed by atoms with Gasteiger partial charge in [0.05, 0.1) is 10.6 Å². The van der Waals surface area contributed by atoms with Gasteiger partial charge in [-0.2, -0.15) is 5.10 Å². The number of hydrogen-bond donors (Lipinski definition) is 1. The fourth-order valence-corrected chi connectivity index (χ4v) is 4.76. The van der Waals surface area contributed by atoms with Crippen LogP contribution < -0.4 is 5.32 Å². The number of amides is 1. The number of carbonyl (C=O) groups is 1. The van der Waals surface area contributed by atoms with Gasteiger partial charge < -0.3 is 5.32 Å². The van der Waals surface area contributed by atoms with Crippen molar-refractivity contribution < 1.29 is 13.2 Å². The van der Waals surface area contributed by atoms with E-state index in [0.29, 0.717) is 23.7 Å². The lowest BCUT2D eigenvalue weighted by molar-refractivity contribution is -0.116. The minimum atomic E-state index is -3.80. The van der Waals surface area contributed by atoms with Crippen LogP contribution >= 0.6 is 11.6 Å². The normalized spacial score (nSPS) is 16.3. The number of anilines is 1. The molecule has 140 valence electrons. The van der Waals surface area contributed by atoms with Gasteiger partial charge in [-0.05, 0) is 37.1 Å². The van der Waals surface area contributed by atoms with Crippen LogP contribution in [0.15, 0.2) is 35.2 Å². The lowest BCUT2D eigenvalue weighted by atomic mass is 9.92. The van der Waals surface area contributed by atoms with Crippen LogP contribution in [0.25, 0.3) is 0 Å². The van der Waals surface area contributed by atoms with Gasteiger partial charge in [-0.15, -0.1) is 0 Å². The first-order chi connectivity index (χ1) is 12.0. The number of benzene rings is 1.